The fraction of sp³-hybridized carbons (Fsp3) is 0.636. The van der Waals surface area contributed by atoms with Crippen LogP contribution < -0.4 is 4.90 Å². The topological polar surface area (TPSA) is 49.2 Å². The van der Waals surface area contributed by atoms with Gasteiger partial charge >= 0.3 is 0 Å². The largest absolute Gasteiger partial charge is 0.392 e. The van der Waals surface area contributed by atoms with Gasteiger partial charge < -0.3 is 10.0 Å². The number of nitrogens with zero attached hydrogens (tertiary/aromatic N) is 3. The molecular formula is C11H19N3OS. The number of anilines is 1. The van der Waals surface area contributed by atoms with Crippen molar-refractivity contribution in [3.8, 4) is 0 Å². The molecule has 0 amide bonds. The molecule has 1 heterocycles. The average molecular weight is 241 g/mol. The summed E-state index contributed by atoms with van der Waals surface area (Å²) in [4.78, 5) is 10.7. The Morgan fingerprint density at radius 1 is 1.56 bits per heavy atom. The number of thioether (sulfide) groups is 1. The third-order valence-electron chi connectivity index (χ3n) is 2.62. The summed E-state index contributed by atoms with van der Waals surface area (Å²) in [6.45, 7) is 4.04. The van der Waals surface area contributed by atoms with E-state index in [1.165, 1.54) is 0 Å². The molecule has 0 aliphatic heterocycles. The van der Waals surface area contributed by atoms with E-state index in [9.17, 15) is 0 Å². The van der Waals surface area contributed by atoms with Crippen LogP contribution in [0.1, 0.15) is 18.2 Å². The minimum atomic E-state index is -0.00378. The van der Waals surface area contributed by atoms with Gasteiger partial charge in [0.25, 0.3) is 0 Å². The standard InChI is InChI=1S/C11H19N3OS/c1-8(7-16-4)14(3)11-12-5-10(6-15)9(2)13-11/h5,8,15H,6-7H2,1-4H3. The summed E-state index contributed by atoms with van der Waals surface area (Å²) in [6, 6.07) is 0.398. The Balaban J connectivity index is 2.84. The van der Waals surface area contributed by atoms with E-state index in [0.717, 1.165) is 23.0 Å². The van der Waals surface area contributed by atoms with Crippen LogP contribution in [0.25, 0.3) is 0 Å². The molecule has 5 heteroatoms. The van der Waals surface area contributed by atoms with Crippen LogP contribution in [0.3, 0.4) is 0 Å². The van der Waals surface area contributed by atoms with Crippen molar-refractivity contribution >= 4 is 17.7 Å². The lowest BCUT2D eigenvalue weighted by molar-refractivity contribution is 0.280. The maximum atomic E-state index is 9.04. The molecule has 0 aromatic carbocycles. The van der Waals surface area contributed by atoms with Crippen LogP contribution in [0.4, 0.5) is 5.95 Å². The van der Waals surface area contributed by atoms with Gasteiger partial charge in [-0.2, -0.15) is 11.8 Å². The van der Waals surface area contributed by atoms with Crippen LogP contribution in [0.2, 0.25) is 0 Å². The van der Waals surface area contributed by atoms with Crippen LogP contribution >= 0.6 is 11.8 Å². The molecule has 1 aromatic heterocycles. The number of rotatable bonds is 5. The Bertz CT molecular complexity index is 346. The van der Waals surface area contributed by atoms with Gasteiger partial charge in [0.2, 0.25) is 5.95 Å². The summed E-state index contributed by atoms with van der Waals surface area (Å²) in [5.74, 6) is 1.76. The highest BCUT2D eigenvalue weighted by Crippen LogP contribution is 2.14. The first kappa shape index (κ1) is 13.3. The van der Waals surface area contributed by atoms with E-state index in [1.54, 1.807) is 6.20 Å². The third kappa shape index (κ3) is 3.09. The van der Waals surface area contributed by atoms with E-state index in [0.29, 0.717) is 6.04 Å². The Hall–Kier alpha value is -0.810. The first-order chi connectivity index (χ1) is 7.60. The van der Waals surface area contributed by atoms with Crippen LogP contribution in [-0.2, 0) is 6.61 Å². The van der Waals surface area contributed by atoms with Gasteiger partial charge in [-0.3, -0.25) is 0 Å². The zero-order valence-corrected chi connectivity index (χ0v) is 11.1. The monoisotopic (exact) mass is 241 g/mol. The van der Waals surface area contributed by atoms with Crippen LogP contribution in [0.5, 0.6) is 0 Å². The minimum Gasteiger partial charge on any atom is -0.392 e. The lowest BCUT2D eigenvalue weighted by Crippen LogP contribution is -2.32. The molecule has 1 rings (SSSR count). The van der Waals surface area contributed by atoms with Gasteiger partial charge in [-0.05, 0) is 20.1 Å². The third-order valence-corrected chi connectivity index (χ3v) is 3.44. The summed E-state index contributed by atoms with van der Waals surface area (Å²) in [7, 11) is 1.99. The van der Waals surface area contributed by atoms with Crippen LogP contribution in [0, 0.1) is 6.92 Å². The fourth-order valence-corrected chi connectivity index (χ4v) is 2.06. The van der Waals surface area contributed by atoms with Crippen molar-refractivity contribution in [2.45, 2.75) is 26.5 Å². The van der Waals surface area contributed by atoms with E-state index >= 15 is 0 Å². The molecule has 1 atom stereocenters. The lowest BCUT2D eigenvalue weighted by Gasteiger charge is -2.24. The van der Waals surface area contributed by atoms with E-state index in [1.807, 2.05) is 25.7 Å². The molecule has 0 aliphatic carbocycles. The normalized spacial score (nSPS) is 12.6. The molecule has 0 saturated carbocycles. The highest BCUT2D eigenvalue weighted by atomic mass is 32.2. The van der Waals surface area contributed by atoms with Gasteiger partial charge in [0.1, 0.15) is 0 Å². The van der Waals surface area contributed by atoms with Crippen molar-refractivity contribution < 1.29 is 5.11 Å². The molecule has 1 aromatic rings. The summed E-state index contributed by atoms with van der Waals surface area (Å²) >= 11 is 1.81. The molecule has 90 valence electrons. The van der Waals surface area contributed by atoms with Gasteiger partial charge in [0.15, 0.2) is 0 Å². The van der Waals surface area contributed by atoms with E-state index < -0.39 is 0 Å². The van der Waals surface area contributed by atoms with Gasteiger partial charge in [0, 0.05) is 36.3 Å². The fourth-order valence-electron chi connectivity index (χ4n) is 1.36. The number of aliphatic hydroxyl groups excluding tert-OH is 1. The molecule has 4 nitrogen and oxygen atoms in total. The molecule has 0 bridgehead atoms. The van der Waals surface area contributed by atoms with Crippen molar-refractivity contribution in [1.29, 1.82) is 0 Å². The van der Waals surface area contributed by atoms with Gasteiger partial charge in [-0.1, -0.05) is 0 Å². The molecule has 0 radical (unpaired) electrons. The highest BCUT2D eigenvalue weighted by molar-refractivity contribution is 7.98. The number of hydrogen-bond acceptors (Lipinski definition) is 5. The molecule has 1 N–H and O–H groups in total. The van der Waals surface area contributed by atoms with E-state index in [-0.39, 0.29) is 6.61 Å². The lowest BCUT2D eigenvalue weighted by atomic mass is 10.2. The minimum absolute atomic E-state index is 0.00378. The predicted molar refractivity (Wildman–Crippen MR) is 68.9 cm³/mol. The Morgan fingerprint density at radius 2 is 2.25 bits per heavy atom. The summed E-state index contributed by atoms with van der Waals surface area (Å²) < 4.78 is 0. The van der Waals surface area contributed by atoms with Crippen molar-refractivity contribution in [3.63, 3.8) is 0 Å². The Kier molecular flexibility index (Phi) is 5.02. The van der Waals surface area contributed by atoms with Gasteiger partial charge in [-0.25, -0.2) is 9.97 Å². The number of aryl methyl sites for hydroxylation is 1. The molecule has 16 heavy (non-hydrogen) atoms. The second-order valence-corrected chi connectivity index (χ2v) is 4.76. The maximum Gasteiger partial charge on any atom is 0.225 e. The maximum absolute atomic E-state index is 9.04. The number of aromatic nitrogens is 2. The number of aliphatic hydroxyl groups is 1. The van der Waals surface area contributed by atoms with Crippen molar-refractivity contribution in [2.24, 2.45) is 0 Å². The smallest absolute Gasteiger partial charge is 0.225 e. The van der Waals surface area contributed by atoms with E-state index in [4.69, 9.17) is 5.11 Å². The Labute approximate surface area is 101 Å². The summed E-state index contributed by atoms with van der Waals surface area (Å²) in [5, 5.41) is 9.04. The van der Waals surface area contributed by atoms with Gasteiger partial charge in [0.05, 0.1) is 6.61 Å². The van der Waals surface area contributed by atoms with Crippen molar-refractivity contribution in [3.05, 3.63) is 17.5 Å². The van der Waals surface area contributed by atoms with Gasteiger partial charge in [-0.15, -0.1) is 0 Å². The molecule has 0 spiro atoms. The molecule has 1 unspecified atom stereocenters. The SMILES string of the molecule is CSCC(C)N(C)c1ncc(CO)c(C)n1. The molecule has 0 aliphatic rings. The number of hydrogen-bond donors (Lipinski definition) is 1. The molecular weight excluding hydrogens is 222 g/mol. The first-order valence-electron chi connectivity index (χ1n) is 5.25. The Morgan fingerprint density at radius 3 is 2.75 bits per heavy atom. The zero-order valence-electron chi connectivity index (χ0n) is 10.3. The van der Waals surface area contributed by atoms with Crippen LogP contribution in [0.15, 0.2) is 6.20 Å². The summed E-state index contributed by atoms with van der Waals surface area (Å²) in [6.07, 6.45) is 3.78. The van der Waals surface area contributed by atoms with E-state index in [2.05, 4.69) is 28.0 Å². The predicted octanol–water partition coefficient (Wildman–Crippen LogP) is 1.47. The van der Waals surface area contributed by atoms with Crippen molar-refractivity contribution in [1.82, 2.24) is 9.97 Å². The second kappa shape index (κ2) is 6.06. The highest BCUT2D eigenvalue weighted by Gasteiger charge is 2.12. The quantitative estimate of drug-likeness (QED) is 0.846. The average Bonchev–Trinajstić information content (AvgIpc) is 2.28. The second-order valence-electron chi connectivity index (χ2n) is 3.85. The first-order valence-corrected chi connectivity index (χ1v) is 6.64. The zero-order chi connectivity index (χ0) is 12.1. The van der Waals surface area contributed by atoms with Crippen molar-refractivity contribution in [2.75, 3.05) is 24.0 Å². The molecule has 0 saturated heterocycles. The molecule has 0 fully saturated rings. The summed E-state index contributed by atoms with van der Waals surface area (Å²) in [5.41, 5.74) is 1.63. The van der Waals surface area contributed by atoms with Crippen LogP contribution in [-0.4, -0.2) is 40.2 Å².